The van der Waals surface area contributed by atoms with Gasteiger partial charge in [0.25, 0.3) is 0 Å². The van der Waals surface area contributed by atoms with Crippen molar-refractivity contribution < 1.29 is 28.6 Å². The lowest BCUT2D eigenvalue weighted by Crippen LogP contribution is -2.26. The van der Waals surface area contributed by atoms with Gasteiger partial charge in [0.05, 0.1) is 18.7 Å². The summed E-state index contributed by atoms with van der Waals surface area (Å²) in [7, 11) is 0. The van der Waals surface area contributed by atoms with Crippen LogP contribution in [0.3, 0.4) is 0 Å². The Morgan fingerprint density at radius 2 is 1.79 bits per heavy atom. The Labute approximate surface area is 168 Å². The highest BCUT2D eigenvalue weighted by Gasteiger charge is 2.22. The first-order valence-electron chi connectivity index (χ1n) is 9.32. The summed E-state index contributed by atoms with van der Waals surface area (Å²) in [6, 6.07) is 3.28. The van der Waals surface area contributed by atoms with E-state index in [1.807, 2.05) is 13.8 Å². The van der Waals surface area contributed by atoms with Crippen LogP contribution < -0.4 is 5.43 Å². The van der Waals surface area contributed by atoms with Crippen LogP contribution in [0.1, 0.15) is 49.2 Å². The number of fused-ring (bicyclic) bond motifs is 1. The molecule has 0 saturated carbocycles. The van der Waals surface area contributed by atoms with Gasteiger partial charge in [-0.15, -0.1) is 0 Å². The van der Waals surface area contributed by atoms with Crippen LogP contribution in [0, 0.1) is 12.8 Å². The third-order valence-electron chi connectivity index (χ3n) is 3.98. The van der Waals surface area contributed by atoms with Crippen molar-refractivity contribution in [3.63, 3.8) is 0 Å². The molecule has 0 aliphatic carbocycles. The lowest BCUT2D eigenvalue weighted by molar-refractivity contribution is -0.142. The average Bonchev–Trinajstić information content (AvgIpc) is 2.64. The second kappa shape index (κ2) is 9.36. The number of hydrogen-bond acceptors (Lipinski definition) is 7. The van der Waals surface area contributed by atoms with Crippen molar-refractivity contribution in [3.8, 4) is 0 Å². The summed E-state index contributed by atoms with van der Waals surface area (Å²) in [5.41, 5.74) is 0.542. The zero-order chi connectivity index (χ0) is 21.7. The number of carbonyl (C=O) groups excluding carboxylic acids is 3. The van der Waals surface area contributed by atoms with Gasteiger partial charge in [0.15, 0.2) is 0 Å². The minimum Gasteiger partial charge on any atom is -0.462 e. The van der Waals surface area contributed by atoms with E-state index in [2.05, 4.69) is 0 Å². The maximum absolute atomic E-state index is 13.0. The summed E-state index contributed by atoms with van der Waals surface area (Å²) in [5, 5.41) is 0.138. The topological polar surface area (TPSA) is 101 Å². The van der Waals surface area contributed by atoms with Crippen LogP contribution in [0.5, 0.6) is 0 Å². The van der Waals surface area contributed by atoms with Crippen LogP contribution in [0.15, 0.2) is 23.1 Å². The number of rotatable bonds is 6. The molecule has 0 aliphatic rings. The maximum Gasteiger partial charge on any atom is 0.418 e. The molecule has 2 aromatic rings. The highest BCUT2D eigenvalue weighted by Crippen LogP contribution is 2.22. The first kappa shape index (κ1) is 22.1. The molecule has 0 spiro atoms. The zero-order valence-corrected chi connectivity index (χ0v) is 17.2. The highest BCUT2D eigenvalue weighted by molar-refractivity contribution is 5.98. The fraction of sp³-hybridized carbons (Fsp3) is 0.429. The fourth-order valence-electron chi connectivity index (χ4n) is 2.80. The van der Waals surface area contributed by atoms with Gasteiger partial charge < -0.3 is 14.2 Å². The molecular formula is C21H25NO7. The van der Waals surface area contributed by atoms with Crippen LogP contribution in [0.2, 0.25) is 0 Å². The van der Waals surface area contributed by atoms with Crippen LogP contribution >= 0.6 is 0 Å². The van der Waals surface area contributed by atoms with Gasteiger partial charge in [0.1, 0.15) is 12.2 Å². The Balaban J connectivity index is 2.75. The second-order valence-corrected chi connectivity index (χ2v) is 7.03. The number of carbonyl (C=O) groups is 3. The van der Waals surface area contributed by atoms with Gasteiger partial charge in [0.2, 0.25) is 5.43 Å². The van der Waals surface area contributed by atoms with Crippen molar-refractivity contribution in [1.82, 2.24) is 4.57 Å². The van der Waals surface area contributed by atoms with Crippen LogP contribution in [0.25, 0.3) is 10.9 Å². The molecule has 0 saturated heterocycles. The van der Waals surface area contributed by atoms with Crippen molar-refractivity contribution in [2.24, 2.45) is 5.92 Å². The summed E-state index contributed by atoms with van der Waals surface area (Å²) in [5.74, 6) is -1.23. The molecule has 0 N–H and O–H groups in total. The minimum absolute atomic E-state index is 0.0873. The van der Waals surface area contributed by atoms with E-state index in [0.717, 1.165) is 10.8 Å². The molecule has 8 nitrogen and oxygen atoms in total. The Morgan fingerprint density at radius 1 is 1.10 bits per heavy atom. The smallest absolute Gasteiger partial charge is 0.418 e. The molecule has 1 aromatic carbocycles. The molecule has 0 aliphatic heterocycles. The zero-order valence-electron chi connectivity index (χ0n) is 17.2. The molecule has 0 radical (unpaired) electrons. The number of aryl methyl sites for hydroxylation is 1. The standard InChI is InChI=1S/C21H25NO7/c1-6-27-21(26)22-9-17(20(25)29-10-12(2)3)19(24)16-8-13(4)7-15(18(16)22)11-28-14(5)23/h7-9,12H,6,10-11H2,1-5H3. The third kappa shape index (κ3) is 5.22. The monoisotopic (exact) mass is 403 g/mol. The molecular weight excluding hydrogens is 378 g/mol. The van der Waals surface area contributed by atoms with Gasteiger partial charge in [-0.05, 0) is 31.4 Å². The van der Waals surface area contributed by atoms with Gasteiger partial charge in [0, 0.05) is 24.1 Å². The van der Waals surface area contributed by atoms with E-state index < -0.39 is 23.5 Å². The number of pyridine rings is 1. The summed E-state index contributed by atoms with van der Waals surface area (Å²) in [4.78, 5) is 49.3. The molecule has 29 heavy (non-hydrogen) atoms. The normalized spacial score (nSPS) is 10.8. The Kier molecular flexibility index (Phi) is 7.14. The van der Waals surface area contributed by atoms with E-state index in [4.69, 9.17) is 14.2 Å². The van der Waals surface area contributed by atoms with Crippen molar-refractivity contribution in [2.75, 3.05) is 13.2 Å². The molecule has 2 rings (SSSR count). The second-order valence-electron chi connectivity index (χ2n) is 7.03. The molecule has 156 valence electrons. The van der Waals surface area contributed by atoms with E-state index >= 15 is 0 Å². The number of hydrogen-bond donors (Lipinski definition) is 0. The SMILES string of the molecule is CCOC(=O)n1cc(C(=O)OCC(C)C)c(=O)c2cc(C)cc(COC(C)=O)c21. The maximum atomic E-state index is 13.0. The lowest BCUT2D eigenvalue weighted by Gasteiger charge is -2.16. The van der Waals surface area contributed by atoms with Crippen LogP contribution in [-0.4, -0.2) is 35.8 Å². The number of esters is 2. The molecule has 1 aromatic heterocycles. The first-order valence-corrected chi connectivity index (χ1v) is 9.32. The van der Waals surface area contributed by atoms with Crippen LogP contribution in [-0.2, 0) is 25.6 Å². The quantitative estimate of drug-likeness (QED) is 0.539. The Morgan fingerprint density at radius 3 is 2.38 bits per heavy atom. The van der Waals surface area contributed by atoms with Gasteiger partial charge in [-0.2, -0.15) is 0 Å². The van der Waals surface area contributed by atoms with E-state index in [1.165, 1.54) is 6.92 Å². The summed E-state index contributed by atoms with van der Waals surface area (Å²) in [6.07, 6.45) is 0.362. The van der Waals surface area contributed by atoms with E-state index in [-0.39, 0.29) is 42.2 Å². The Hall–Kier alpha value is -3.16. The summed E-state index contributed by atoms with van der Waals surface area (Å²) in [6.45, 7) is 8.51. The first-order chi connectivity index (χ1) is 13.6. The van der Waals surface area contributed by atoms with Crippen molar-refractivity contribution >= 4 is 28.9 Å². The predicted molar refractivity (Wildman–Crippen MR) is 106 cm³/mol. The van der Waals surface area contributed by atoms with Gasteiger partial charge >= 0.3 is 18.0 Å². The van der Waals surface area contributed by atoms with Crippen molar-refractivity contribution in [2.45, 2.75) is 41.2 Å². The Bertz CT molecular complexity index is 1000. The number of aromatic nitrogens is 1. The van der Waals surface area contributed by atoms with Gasteiger partial charge in [-0.1, -0.05) is 19.9 Å². The number of ether oxygens (including phenoxy) is 3. The fourth-order valence-corrected chi connectivity index (χ4v) is 2.80. The molecule has 0 atom stereocenters. The number of benzene rings is 1. The van der Waals surface area contributed by atoms with Gasteiger partial charge in [-0.3, -0.25) is 14.2 Å². The van der Waals surface area contributed by atoms with Crippen molar-refractivity contribution in [1.29, 1.82) is 0 Å². The summed E-state index contributed by atoms with van der Waals surface area (Å²) >= 11 is 0. The highest BCUT2D eigenvalue weighted by atomic mass is 16.6. The predicted octanol–water partition coefficient (Wildman–Crippen LogP) is 3.19. The van der Waals surface area contributed by atoms with Crippen molar-refractivity contribution in [3.05, 3.63) is 45.2 Å². The molecule has 0 bridgehead atoms. The van der Waals surface area contributed by atoms with Crippen LogP contribution in [0.4, 0.5) is 4.79 Å². The average molecular weight is 403 g/mol. The molecule has 0 fully saturated rings. The van der Waals surface area contributed by atoms with E-state index in [0.29, 0.717) is 11.1 Å². The molecule has 8 heteroatoms. The van der Waals surface area contributed by atoms with E-state index in [1.54, 1.807) is 26.0 Å². The lowest BCUT2D eigenvalue weighted by atomic mass is 10.0. The minimum atomic E-state index is -0.813. The largest absolute Gasteiger partial charge is 0.462 e. The molecule has 0 unspecified atom stereocenters. The van der Waals surface area contributed by atoms with E-state index in [9.17, 15) is 19.2 Å². The number of nitrogens with zero attached hydrogens (tertiary/aromatic N) is 1. The third-order valence-corrected chi connectivity index (χ3v) is 3.98. The van der Waals surface area contributed by atoms with Gasteiger partial charge in [-0.25, -0.2) is 9.59 Å². The molecule has 0 amide bonds. The summed E-state index contributed by atoms with van der Waals surface area (Å²) < 4.78 is 16.4. The molecule has 1 heterocycles.